The van der Waals surface area contributed by atoms with E-state index < -0.39 is 5.60 Å². The first-order valence-electron chi connectivity index (χ1n) is 13.4. The molecule has 1 aliphatic carbocycles. The standard InChI is InChI=1S/C31H38N2O5/c1-20-17-25(36-5)24(23-13-16-33(26(20)23)29(35)38-30(2,3)4)18-32-19-31(14-7-8-15-31)27(32)21-9-11-22(12-10-21)28(34)37-6/h9-13,16-17,27H,7-8,14-15,18-19H2,1-6H3. The molecule has 202 valence electrons. The first-order chi connectivity index (χ1) is 18.1. The number of fused-ring (bicyclic) bond motifs is 1. The molecule has 1 saturated heterocycles. The molecule has 1 spiro atoms. The number of hydrogen-bond donors (Lipinski definition) is 0. The van der Waals surface area contributed by atoms with Crippen LogP contribution in [0.15, 0.2) is 42.6 Å². The lowest BCUT2D eigenvalue weighted by Crippen LogP contribution is -2.56. The van der Waals surface area contributed by atoms with E-state index in [1.54, 1.807) is 17.9 Å². The second-order valence-corrected chi connectivity index (χ2v) is 11.8. The summed E-state index contributed by atoms with van der Waals surface area (Å²) in [7, 11) is 3.11. The largest absolute Gasteiger partial charge is 0.496 e. The molecule has 7 heteroatoms. The highest BCUT2D eigenvalue weighted by Crippen LogP contribution is 2.59. The van der Waals surface area contributed by atoms with Gasteiger partial charge in [-0.2, -0.15) is 0 Å². The Bertz CT molecular complexity index is 1360. The van der Waals surface area contributed by atoms with E-state index in [0.29, 0.717) is 12.1 Å². The number of rotatable bonds is 5. The number of nitrogens with zero attached hydrogens (tertiary/aromatic N) is 2. The Hall–Kier alpha value is -3.32. The third-order valence-electron chi connectivity index (χ3n) is 8.11. The van der Waals surface area contributed by atoms with Crippen molar-refractivity contribution in [3.05, 3.63) is 64.8 Å². The van der Waals surface area contributed by atoms with Crippen LogP contribution in [0.3, 0.4) is 0 Å². The number of aromatic nitrogens is 1. The zero-order valence-corrected chi connectivity index (χ0v) is 23.3. The zero-order valence-electron chi connectivity index (χ0n) is 23.3. The molecule has 2 aromatic carbocycles. The predicted molar refractivity (Wildman–Crippen MR) is 147 cm³/mol. The van der Waals surface area contributed by atoms with Gasteiger partial charge in [0, 0.05) is 41.7 Å². The molecule has 3 aromatic rings. The van der Waals surface area contributed by atoms with Gasteiger partial charge in [0.15, 0.2) is 0 Å². The molecule has 1 saturated carbocycles. The van der Waals surface area contributed by atoms with Crippen molar-refractivity contribution in [2.24, 2.45) is 5.41 Å². The van der Waals surface area contributed by atoms with Crippen molar-refractivity contribution < 1.29 is 23.8 Å². The van der Waals surface area contributed by atoms with E-state index in [4.69, 9.17) is 14.2 Å². The van der Waals surface area contributed by atoms with Crippen LogP contribution >= 0.6 is 0 Å². The molecule has 2 fully saturated rings. The summed E-state index contributed by atoms with van der Waals surface area (Å²) in [5.41, 5.74) is 4.34. The second-order valence-electron chi connectivity index (χ2n) is 11.8. The number of hydrogen-bond acceptors (Lipinski definition) is 6. The van der Waals surface area contributed by atoms with Crippen LogP contribution in [-0.4, -0.2) is 47.9 Å². The van der Waals surface area contributed by atoms with Crippen LogP contribution in [0, 0.1) is 12.3 Å². The number of ether oxygens (including phenoxy) is 3. The number of carbonyl (C=O) groups is 2. The van der Waals surface area contributed by atoms with Gasteiger partial charge in [0.1, 0.15) is 11.4 Å². The van der Waals surface area contributed by atoms with Crippen molar-refractivity contribution >= 4 is 23.0 Å². The summed E-state index contributed by atoms with van der Waals surface area (Å²) >= 11 is 0. The van der Waals surface area contributed by atoms with E-state index in [2.05, 4.69) is 17.0 Å². The molecule has 2 aliphatic rings. The Balaban J connectivity index is 1.51. The lowest BCUT2D eigenvalue weighted by Gasteiger charge is -2.57. The van der Waals surface area contributed by atoms with Crippen molar-refractivity contribution in [1.29, 1.82) is 0 Å². The average molecular weight is 519 g/mol. The zero-order chi connectivity index (χ0) is 27.2. The SMILES string of the molecule is COC(=O)c1ccc(C2N(Cc3c(OC)cc(C)c4c3ccn4C(=O)OC(C)(C)C)CC23CCCC3)cc1. The maximum absolute atomic E-state index is 13.0. The van der Waals surface area contributed by atoms with E-state index in [0.717, 1.165) is 34.3 Å². The van der Waals surface area contributed by atoms with E-state index in [9.17, 15) is 9.59 Å². The van der Waals surface area contributed by atoms with E-state index in [1.165, 1.54) is 38.4 Å². The van der Waals surface area contributed by atoms with Gasteiger partial charge in [-0.05, 0) is 75.9 Å². The van der Waals surface area contributed by atoms with Gasteiger partial charge in [-0.15, -0.1) is 0 Å². The van der Waals surface area contributed by atoms with Crippen LogP contribution in [0.1, 0.15) is 79.5 Å². The third kappa shape index (κ3) is 4.57. The van der Waals surface area contributed by atoms with E-state index in [-0.39, 0.29) is 23.5 Å². The summed E-state index contributed by atoms with van der Waals surface area (Å²) in [4.78, 5) is 27.5. The number of carbonyl (C=O) groups excluding carboxylic acids is 2. The quantitative estimate of drug-likeness (QED) is 0.353. The Morgan fingerprint density at radius 1 is 1.05 bits per heavy atom. The number of methoxy groups -OCH3 is 2. The molecule has 0 radical (unpaired) electrons. The minimum absolute atomic E-state index is 0.255. The summed E-state index contributed by atoms with van der Waals surface area (Å²) in [6, 6.07) is 12.1. The van der Waals surface area contributed by atoms with Crippen molar-refractivity contribution in [3.63, 3.8) is 0 Å². The molecular weight excluding hydrogens is 480 g/mol. The summed E-state index contributed by atoms with van der Waals surface area (Å²) in [5.74, 6) is 0.503. The smallest absolute Gasteiger partial charge is 0.419 e. The third-order valence-corrected chi connectivity index (χ3v) is 8.11. The highest BCUT2D eigenvalue weighted by molar-refractivity contribution is 5.95. The highest BCUT2D eigenvalue weighted by atomic mass is 16.6. The normalized spacial score (nSPS) is 18.9. The number of aryl methyl sites for hydroxylation is 1. The molecule has 0 amide bonds. The maximum Gasteiger partial charge on any atom is 0.419 e. The fraction of sp³-hybridized carbons (Fsp3) is 0.484. The summed E-state index contributed by atoms with van der Waals surface area (Å²) < 4.78 is 18.0. The van der Waals surface area contributed by atoms with Gasteiger partial charge in [-0.1, -0.05) is 25.0 Å². The van der Waals surface area contributed by atoms with Crippen molar-refractivity contribution in [2.45, 2.75) is 71.6 Å². The van der Waals surface area contributed by atoms with Crippen LogP contribution in [-0.2, 0) is 16.0 Å². The Morgan fingerprint density at radius 3 is 2.34 bits per heavy atom. The molecule has 0 N–H and O–H groups in total. The Labute approximate surface area is 224 Å². The van der Waals surface area contributed by atoms with Gasteiger partial charge in [0.05, 0.1) is 25.3 Å². The Morgan fingerprint density at radius 2 is 1.74 bits per heavy atom. The second kappa shape index (κ2) is 9.77. The summed E-state index contributed by atoms with van der Waals surface area (Å²) in [6.45, 7) is 9.33. The molecule has 2 heterocycles. The summed E-state index contributed by atoms with van der Waals surface area (Å²) in [5, 5.41) is 1.000. The van der Waals surface area contributed by atoms with Crippen LogP contribution in [0.2, 0.25) is 0 Å². The van der Waals surface area contributed by atoms with Gasteiger partial charge in [0.25, 0.3) is 0 Å². The highest BCUT2D eigenvalue weighted by Gasteiger charge is 2.54. The van der Waals surface area contributed by atoms with Crippen LogP contribution < -0.4 is 4.74 Å². The molecule has 5 rings (SSSR count). The Kier molecular flexibility index (Phi) is 6.76. The van der Waals surface area contributed by atoms with Crippen LogP contribution in [0.4, 0.5) is 4.79 Å². The molecule has 38 heavy (non-hydrogen) atoms. The molecular formula is C31H38N2O5. The molecule has 1 unspecified atom stereocenters. The molecule has 1 atom stereocenters. The molecule has 0 bridgehead atoms. The van der Waals surface area contributed by atoms with Gasteiger partial charge in [-0.25, -0.2) is 9.59 Å². The molecule has 1 aromatic heterocycles. The monoisotopic (exact) mass is 518 g/mol. The van der Waals surface area contributed by atoms with Crippen molar-refractivity contribution in [3.8, 4) is 5.75 Å². The number of likely N-dealkylation sites (tertiary alicyclic amines) is 1. The predicted octanol–water partition coefficient (Wildman–Crippen LogP) is 6.65. The van der Waals surface area contributed by atoms with E-state index in [1.807, 2.05) is 52.0 Å². The number of esters is 1. The minimum atomic E-state index is -0.583. The average Bonchev–Trinajstić information content (AvgIpc) is 3.53. The van der Waals surface area contributed by atoms with Gasteiger partial charge in [-0.3, -0.25) is 9.47 Å². The van der Waals surface area contributed by atoms with Crippen molar-refractivity contribution in [1.82, 2.24) is 9.47 Å². The lowest BCUT2D eigenvalue weighted by atomic mass is 9.67. The van der Waals surface area contributed by atoms with Crippen LogP contribution in [0.5, 0.6) is 5.75 Å². The van der Waals surface area contributed by atoms with Gasteiger partial charge < -0.3 is 14.2 Å². The lowest BCUT2D eigenvalue weighted by molar-refractivity contribution is -0.0799. The van der Waals surface area contributed by atoms with Gasteiger partial charge >= 0.3 is 12.1 Å². The van der Waals surface area contributed by atoms with Crippen LogP contribution in [0.25, 0.3) is 10.9 Å². The fourth-order valence-electron chi connectivity index (χ4n) is 6.57. The maximum atomic E-state index is 13.0. The first-order valence-corrected chi connectivity index (χ1v) is 13.4. The molecule has 1 aliphatic heterocycles. The first kappa shape index (κ1) is 26.3. The summed E-state index contributed by atoms with van der Waals surface area (Å²) in [6.07, 6.45) is 6.34. The topological polar surface area (TPSA) is 70.0 Å². The molecule has 7 nitrogen and oxygen atoms in total. The van der Waals surface area contributed by atoms with Crippen molar-refractivity contribution in [2.75, 3.05) is 20.8 Å². The van der Waals surface area contributed by atoms with Gasteiger partial charge in [0.2, 0.25) is 0 Å². The number of benzene rings is 2. The minimum Gasteiger partial charge on any atom is -0.496 e. The fourth-order valence-corrected chi connectivity index (χ4v) is 6.57. The van der Waals surface area contributed by atoms with E-state index >= 15 is 0 Å².